The molecule has 3 heterocycles. The number of carbonyl (C=O) groups excluding carboxylic acids is 1. The Morgan fingerprint density at radius 1 is 1.24 bits per heavy atom. The van der Waals surface area contributed by atoms with Gasteiger partial charge in [0.25, 0.3) is 5.91 Å². The maximum absolute atomic E-state index is 12.5. The number of aryl methyl sites for hydroxylation is 1. The lowest BCUT2D eigenvalue weighted by Crippen LogP contribution is -2.25. The predicted molar refractivity (Wildman–Crippen MR) is 101 cm³/mol. The normalized spacial score (nSPS) is 14.7. The number of nitriles is 1. The van der Waals surface area contributed by atoms with Gasteiger partial charge in [-0.05, 0) is 44.4 Å². The molecule has 0 spiro atoms. The number of carbonyl (C=O) groups is 1. The number of hydrogen-bond acceptors (Lipinski definition) is 5. The molecular formula is C19H22N4OS. The second kappa shape index (κ2) is 7.66. The summed E-state index contributed by atoms with van der Waals surface area (Å²) in [6, 6.07) is 5.89. The van der Waals surface area contributed by atoms with Crippen LogP contribution < -0.4 is 10.2 Å². The molecule has 5 nitrogen and oxygen atoms in total. The van der Waals surface area contributed by atoms with Crippen LogP contribution in [-0.4, -0.2) is 24.0 Å². The average molecular weight is 354 g/mol. The highest BCUT2D eigenvalue weighted by atomic mass is 32.1. The third kappa shape index (κ3) is 3.83. The Kier molecular flexibility index (Phi) is 5.34. The van der Waals surface area contributed by atoms with Gasteiger partial charge in [-0.15, -0.1) is 11.3 Å². The SMILES string of the molecule is Cc1sc(NC(=O)c2ccc(N3CCCCCC3)nc2)c(C#N)c1C. The molecule has 2 aromatic rings. The van der Waals surface area contributed by atoms with Gasteiger partial charge in [0, 0.05) is 24.2 Å². The van der Waals surface area contributed by atoms with E-state index in [9.17, 15) is 10.1 Å². The number of rotatable bonds is 3. The Balaban J connectivity index is 1.73. The van der Waals surface area contributed by atoms with Crippen molar-refractivity contribution in [3.63, 3.8) is 0 Å². The van der Waals surface area contributed by atoms with Crippen LogP contribution in [0.3, 0.4) is 0 Å². The van der Waals surface area contributed by atoms with Gasteiger partial charge in [-0.25, -0.2) is 4.98 Å². The monoisotopic (exact) mass is 354 g/mol. The molecule has 1 aliphatic rings. The van der Waals surface area contributed by atoms with Crippen molar-refractivity contribution in [3.05, 3.63) is 39.9 Å². The Hall–Kier alpha value is -2.39. The molecule has 0 aliphatic carbocycles. The van der Waals surface area contributed by atoms with Gasteiger partial charge in [-0.3, -0.25) is 4.79 Å². The molecular weight excluding hydrogens is 332 g/mol. The molecule has 0 atom stereocenters. The van der Waals surface area contributed by atoms with E-state index >= 15 is 0 Å². The lowest BCUT2D eigenvalue weighted by Gasteiger charge is -2.21. The van der Waals surface area contributed by atoms with Gasteiger partial charge in [0.05, 0.1) is 11.1 Å². The zero-order chi connectivity index (χ0) is 17.8. The Labute approximate surface area is 152 Å². The van der Waals surface area contributed by atoms with Gasteiger partial charge >= 0.3 is 0 Å². The summed E-state index contributed by atoms with van der Waals surface area (Å²) in [5.41, 5.74) is 1.98. The second-order valence-electron chi connectivity index (χ2n) is 6.36. The fraction of sp³-hybridized carbons (Fsp3) is 0.421. The molecule has 1 aliphatic heterocycles. The Bertz CT molecular complexity index is 796. The van der Waals surface area contributed by atoms with E-state index in [1.54, 1.807) is 6.20 Å². The predicted octanol–water partition coefficient (Wildman–Crippen LogP) is 4.26. The summed E-state index contributed by atoms with van der Waals surface area (Å²) >= 11 is 1.43. The maximum atomic E-state index is 12.5. The molecule has 0 radical (unpaired) electrons. The third-order valence-corrected chi connectivity index (χ3v) is 5.79. The average Bonchev–Trinajstić information content (AvgIpc) is 2.82. The van der Waals surface area contributed by atoms with E-state index in [1.165, 1.54) is 37.0 Å². The van der Waals surface area contributed by atoms with Crippen molar-refractivity contribution in [2.45, 2.75) is 39.5 Å². The summed E-state index contributed by atoms with van der Waals surface area (Å²) in [5.74, 6) is 0.701. The Morgan fingerprint density at radius 3 is 2.56 bits per heavy atom. The van der Waals surface area contributed by atoms with Gasteiger partial charge in [0.15, 0.2) is 0 Å². The summed E-state index contributed by atoms with van der Waals surface area (Å²) < 4.78 is 0. The smallest absolute Gasteiger partial charge is 0.257 e. The van der Waals surface area contributed by atoms with Gasteiger partial charge in [0.2, 0.25) is 0 Å². The van der Waals surface area contributed by atoms with Crippen molar-refractivity contribution in [3.8, 4) is 6.07 Å². The molecule has 2 aromatic heterocycles. The van der Waals surface area contributed by atoms with E-state index in [-0.39, 0.29) is 5.91 Å². The molecule has 25 heavy (non-hydrogen) atoms. The largest absolute Gasteiger partial charge is 0.357 e. The van der Waals surface area contributed by atoms with E-state index in [1.807, 2.05) is 26.0 Å². The van der Waals surface area contributed by atoms with Crippen LogP contribution in [0.2, 0.25) is 0 Å². The number of nitrogens with one attached hydrogen (secondary N) is 1. The van der Waals surface area contributed by atoms with Gasteiger partial charge in [0.1, 0.15) is 16.9 Å². The van der Waals surface area contributed by atoms with Gasteiger partial charge < -0.3 is 10.2 Å². The summed E-state index contributed by atoms with van der Waals surface area (Å²) in [5, 5.41) is 12.7. The fourth-order valence-electron chi connectivity index (χ4n) is 3.03. The zero-order valence-electron chi connectivity index (χ0n) is 14.6. The first-order valence-electron chi connectivity index (χ1n) is 8.62. The number of thiophene rings is 1. The number of hydrogen-bond donors (Lipinski definition) is 1. The third-order valence-electron chi connectivity index (χ3n) is 4.66. The zero-order valence-corrected chi connectivity index (χ0v) is 15.4. The molecule has 0 aromatic carbocycles. The van der Waals surface area contributed by atoms with Crippen LogP contribution in [0.5, 0.6) is 0 Å². The van der Waals surface area contributed by atoms with Crippen LogP contribution in [0.25, 0.3) is 0 Å². The van der Waals surface area contributed by atoms with Crippen LogP contribution in [-0.2, 0) is 0 Å². The molecule has 1 amide bonds. The van der Waals surface area contributed by atoms with Crippen molar-refractivity contribution in [2.24, 2.45) is 0 Å². The van der Waals surface area contributed by atoms with Gasteiger partial charge in [-0.2, -0.15) is 5.26 Å². The summed E-state index contributed by atoms with van der Waals surface area (Å²) in [6.45, 7) is 5.90. The molecule has 130 valence electrons. The quantitative estimate of drug-likeness (QED) is 0.894. The molecule has 6 heteroatoms. The van der Waals surface area contributed by atoms with Crippen molar-refractivity contribution in [2.75, 3.05) is 23.3 Å². The highest BCUT2D eigenvalue weighted by molar-refractivity contribution is 7.16. The van der Waals surface area contributed by atoms with Gasteiger partial charge in [-0.1, -0.05) is 12.8 Å². The number of nitrogens with zero attached hydrogens (tertiary/aromatic N) is 3. The number of anilines is 2. The molecule has 3 rings (SSSR count). The number of amides is 1. The van der Waals surface area contributed by atoms with Crippen LogP contribution in [0.4, 0.5) is 10.8 Å². The first-order valence-corrected chi connectivity index (χ1v) is 9.44. The highest BCUT2D eigenvalue weighted by Crippen LogP contribution is 2.32. The highest BCUT2D eigenvalue weighted by Gasteiger charge is 2.16. The van der Waals surface area contributed by atoms with Crippen molar-refractivity contribution in [1.29, 1.82) is 5.26 Å². The minimum atomic E-state index is -0.229. The molecule has 0 bridgehead atoms. The van der Waals surface area contributed by atoms with E-state index in [0.717, 1.165) is 29.3 Å². The van der Waals surface area contributed by atoms with E-state index in [0.29, 0.717) is 16.1 Å². The Morgan fingerprint density at radius 2 is 1.96 bits per heavy atom. The van der Waals surface area contributed by atoms with E-state index in [2.05, 4.69) is 21.3 Å². The minimum Gasteiger partial charge on any atom is -0.357 e. The van der Waals surface area contributed by atoms with Crippen LogP contribution in [0, 0.1) is 25.2 Å². The first kappa shape index (κ1) is 17.4. The minimum absolute atomic E-state index is 0.229. The molecule has 0 unspecified atom stereocenters. The van der Waals surface area contributed by atoms with Crippen molar-refractivity contribution < 1.29 is 4.79 Å². The maximum Gasteiger partial charge on any atom is 0.257 e. The molecule has 0 saturated carbocycles. The topological polar surface area (TPSA) is 69.0 Å². The summed E-state index contributed by atoms with van der Waals surface area (Å²) in [6.07, 6.45) is 6.56. The standard InChI is InChI=1S/C19H22N4OS/c1-13-14(2)25-19(16(13)11-20)22-18(24)15-7-8-17(21-12-15)23-9-5-3-4-6-10-23/h7-8,12H,3-6,9-10H2,1-2H3,(H,22,24). The van der Waals surface area contributed by atoms with Crippen LogP contribution in [0.15, 0.2) is 18.3 Å². The van der Waals surface area contributed by atoms with E-state index in [4.69, 9.17) is 0 Å². The van der Waals surface area contributed by atoms with Crippen LogP contribution in [0.1, 0.15) is 52.0 Å². The molecule has 1 fully saturated rings. The second-order valence-corrected chi connectivity index (χ2v) is 7.58. The van der Waals surface area contributed by atoms with Crippen molar-refractivity contribution in [1.82, 2.24) is 4.98 Å². The molecule has 1 N–H and O–H groups in total. The first-order chi connectivity index (χ1) is 12.1. The lowest BCUT2D eigenvalue weighted by molar-refractivity contribution is 0.102. The van der Waals surface area contributed by atoms with Crippen molar-refractivity contribution >= 4 is 28.1 Å². The van der Waals surface area contributed by atoms with Crippen LogP contribution >= 0.6 is 11.3 Å². The lowest BCUT2D eigenvalue weighted by atomic mass is 10.2. The number of aromatic nitrogens is 1. The summed E-state index contributed by atoms with van der Waals surface area (Å²) in [4.78, 5) is 20.3. The molecule has 1 saturated heterocycles. The number of pyridine rings is 1. The fourth-order valence-corrected chi connectivity index (χ4v) is 4.04. The van der Waals surface area contributed by atoms with E-state index < -0.39 is 0 Å². The summed E-state index contributed by atoms with van der Waals surface area (Å²) in [7, 11) is 0.